The van der Waals surface area contributed by atoms with Crippen molar-refractivity contribution in [1.29, 1.82) is 0 Å². The van der Waals surface area contributed by atoms with E-state index in [9.17, 15) is 0 Å². The number of anilines is 1. The van der Waals surface area contributed by atoms with E-state index in [1.165, 1.54) is 0 Å². The van der Waals surface area contributed by atoms with Gasteiger partial charge in [0.05, 0.1) is 42.1 Å². The van der Waals surface area contributed by atoms with E-state index in [-0.39, 0.29) is 12.1 Å². The van der Waals surface area contributed by atoms with E-state index in [1.54, 1.807) is 17.7 Å². The van der Waals surface area contributed by atoms with Crippen LogP contribution < -0.4 is 5.32 Å². The molecule has 1 saturated heterocycles. The summed E-state index contributed by atoms with van der Waals surface area (Å²) in [7, 11) is 0. The Balaban J connectivity index is 1.50. The molecule has 2 aromatic heterocycles. The summed E-state index contributed by atoms with van der Waals surface area (Å²) in [6.45, 7) is 1.83. The second kappa shape index (κ2) is 7.21. The van der Waals surface area contributed by atoms with Gasteiger partial charge < -0.3 is 14.8 Å². The maximum Gasteiger partial charge on any atom is 0.137 e. The van der Waals surface area contributed by atoms with Crippen LogP contribution in [0.3, 0.4) is 0 Å². The van der Waals surface area contributed by atoms with Gasteiger partial charge in [-0.1, -0.05) is 12.1 Å². The monoisotopic (exact) mass is 342 g/mol. The molecule has 2 atom stereocenters. The van der Waals surface area contributed by atoms with Gasteiger partial charge in [0.2, 0.25) is 0 Å². The van der Waals surface area contributed by atoms with Crippen molar-refractivity contribution >= 4 is 28.1 Å². The number of nitrogens with one attached hydrogen (secondary N) is 1. The van der Waals surface area contributed by atoms with Crippen LogP contribution in [-0.2, 0) is 16.1 Å². The number of thiazole rings is 1. The number of fused-ring (bicyclic) bond motifs is 1. The fraction of sp³-hybridized carbons (Fsp3) is 0.353. The first kappa shape index (κ1) is 15.4. The molecule has 0 unspecified atom stereocenters. The lowest BCUT2D eigenvalue weighted by molar-refractivity contribution is -0.0485. The third kappa shape index (κ3) is 3.38. The standard InChI is InChI=1S/C17H18N4O2S/c1-2-4-14-13(3-1)17(19-10-18-14)21-15-8-22-6-5-16(15)23-7-12-9-24-11-20-12/h1-4,9-11,15-16H,5-8H2,(H,18,19,21)/t15-,16+/m1/s1. The lowest BCUT2D eigenvalue weighted by Gasteiger charge is -2.32. The van der Waals surface area contributed by atoms with E-state index in [2.05, 4.69) is 20.3 Å². The van der Waals surface area contributed by atoms with Crippen LogP contribution in [0.4, 0.5) is 5.82 Å². The molecule has 3 aromatic rings. The van der Waals surface area contributed by atoms with E-state index in [0.29, 0.717) is 19.8 Å². The Hall–Kier alpha value is -2.09. The number of para-hydroxylation sites is 1. The van der Waals surface area contributed by atoms with Gasteiger partial charge in [-0.05, 0) is 18.6 Å². The molecule has 7 heteroatoms. The zero-order valence-electron chi connectivity index (χ0n) is 13.1. The van der Waals surface area contributed by atoms with Crippen molar-refractivity contribution < 1.29 is 9.47 Å². The molecule has 4 rings (SSSR count). The van der Waals surface area contributed by atoms with Crippen LogP contribution in [0.25, 0.3) is 10.9 Å². The Kier molecular flexibility index (Phi) is 4.64. The number of nitrogens with zero attached hydrogens (tertiary/aromatic N) is 3. The van der Waals surface area contributed by atoms with Gasteiger partial charge in [-0.15, -0.1) is 11.3 Å². The zero-order valence-corrected chi connectivity index (χ0v) is 13.9. The highest BCUT2D eigenvalue weighted by Crippen LogP contribution is 2.23. The highest BCUT2D eigenvalue weighted by atomic mass is 32.1. The van der Waals surface area contributed by atoms with Crippen LogP contribution >= 0.6 is 11.3 Å². The van der Waals surface area contributed by atoms with E-state index in [0.717, 1.165) is 28.8 Å². The van der Waals surface area contributed by atoms with Gasteiger partial charge in [-0.3, -0.25) is 0 Å². The largest absolute Gasteiger partial charge is 0.379 e. The van der Waals surface area contributed by atoms with E-state index >= 15 is 0 Å². The number of ether oxygens (including phenoxy) is 2. The SMILES string of the molecule is c1ccc2c(N[C@@H]3COCC[C@@H]3OCc3cscn3)ncnc2c1. The molecule has 3 heterocycles. The predicted octanol–water partition coefficient (Wildman–Crippen LogP) is 2.87. The van der Waals surface area contributed by atoms with Crippen LogP contribution in [0.5, 0.6) is 0 Å². The molecule has 1 fully saturated rings. The third-order valence-corrected chi connectivity index (χ3v) is 4.72. The Morgan fingerprint density at radius 3 is 3.12 bits per heavy atom. The molecule has 6 nitrogen and oxygen atoms in total. The van der Waals surface area contributed by atoms with Gasteiger partial charge in [0, 0.05) is 17.4 Å². The summed E-state index contributed by atoms with van der Waals surface area (Å²) in [5.74, 6) is 0.818. The maximum atomic E-state index is 6.08. The molecule has 0 amide bonds. The average molecular weight is 342 g/mol. The van der Waals surface area contributed by atoms with Crippen molar-refractivity contribution in [3.63, 3.8) is 0 Å². The van der Waals surface area contributed by atoms with Crippen molar-refractivity contribution in [2.45, 2.75) is 25.2 Å². The summed E-state index contributed by atoms with van der Waals surface area (Å²) in [6, 6.07) is 8.02. The molecular weight excluding hydrogens is 324 g/mol. The van der Waals surface area contributed by atoms with E-state index in [1.807, 2.05) is 35.2 Å². The summed E-state index contributed by atoms with van der Waals surface area (Å²) in [5.41, 5.74) is 3.72. The molecule has 1 aromatic carbocycles. The Bertz CT molecular complexity index is 791. The summed E-state index contributed by atoms with van der Waals surface area (Å²) in [4.78, 5) is 13.0. The Morgan fingerprint density at radius 1 is 1.25 bits per heavy atom. The predicted molar refractivity (Wildman–Crippen MR) is 93.1 cm³/mol. The van der Waals surface area contributed by atoms with Gasteiger partial charge >= 0.3 is 0 Å². The minimum absolute atomic E-state index is 0.0516. The molecular formula is C17H18N4O2S. The summed E-state index contributed by atoms with van der Waals surface area (Å²) < 4.78 is 11.7. The lowest BCUT2D eigenvalue weighted by atomic mass is 10.1. The first-order valence-corrected chi connectivity index (χ1v) is 8.87. The van der Waals surface area contributed by atoms with Crippen molar-refractivity contribution in [2.75, 3.05) is 18.5 Å². The van der Waals surface area contributed by atoms with Crippen molar-refractivity contribution in [3.05, 3.63) is 47.2 Å². The minimum Gasteiger partial charge on any atom is -0.379 e. The molecule has 1 N–H and O–H groups in total. The molecule has 124 valence electrons. The quantitative estimate of drug-likeness (QED) is 0.769. The minimum atomic E-state index is 0.0516. The first-order chi connectivity index (χ1) is 11.9. The highest BCUT2D eigenvalue weighted by Gasteiger charge is 2.27. The summed E-state index contributed by atoms with van der Waals surface area (Å²) in [5, 5.41) is 6.50. The smallest absolute Gasteiger partial charge is 0.137 e. The molecule has 0 saturated carbocycles. The van der Waals surface area contributed by atoms with Crippen LogP contribution in [0, 0.1) is 0 Å². The van der Waals surface area contributed by atoms with Crippen LogP contribution in [-0.4, -0.2) is 40.3 Å². The normalized spacial score (nSPS) is 21.0. The molecule has 0 radical (unpaired) electrons. The lowest BCUT2D eigenvalue weighted by Crippen LogP contribution is -2.44. The topological polar surface area (TPSA) is 69.2 Å². The zero-order chi connectivity index (χ0) is 16.2. The number of aromatic nitrogens is 3. The molecule has 1 aliphatic rings. The Morgan fingerprint density at radius 2 is 2.21 bits per heavy atom. The van der Waals surface area contributed by atoms with Crippen molar-refractivity contribution in [2.24, 2.45) is 0 Å². The molecule has 0 aliphatic carbocycles. The molecule has 24 heavy (non-hydrogen) atoms. The first-order valence-electron chi connectivity index (χ1n) is 7.93. The van der Waals surface area contributed by atoms with Gasteiger partial charge in [-0.25, -0.2) is 15.0 Å². The van der Waals surface area contributed by atoms with Crippen molar-refractivity contribution in [3.8, 4) is 0 Å². The number of rotatable bonds is 5. The molecule has 0 bridgehead atoms. The fourth-order valence-electron chi connectivity index (χ4n) is 2.85. The van der Waals surface area contributed by atoms with Gasteiger partial charge in [0.25, 0.3) is 0 Å². The van der Waals surface area contributed by atoms with Gasteiger partial charge in [0.1, 0.15) is 12.1 Å². The van der Waals surface area contributed by atoms with Crippen LogP contribution in [0.15, 0.2) is 41.5 Å². The van der Waals surface area contributed by atoms with E-state index < -0.39 is 0 Å². The van der Waals surface area contributed by atoms with E-state index in [4.69, 9.17) is 9.47 Å². The van der Waals surface area contributed by atoms with Gasteiger partial charge in [-0.2, -0.15) is 0 Å². The number of hydrogen-bond donors (Lipinski definition) is 1. The molecule has 1 aliphatic heterocycles. The molecule has 0 spiro atoms. The second-order valence-electron chi connectivity index (χ2n) is 5.68. The highest BCUT2D eigenvalue weighted by molar-refractivity contribution is 7.07. The summed E-state index contributed by atoms with van der Waals surface area (Å²) >= 11 is 1.58. The van der Waals surface area contributed by atoms with Crippen LogP contribution in [0.1, 0.15) is 12.1 Å². The third-order valence-electron chi connectivity index (χ3n) is 4.09. The second-order valence-corrected chi connectivity index (χ2v) is 6.40. The number of hydrogen-bond acceptors (Lipinski definition) is 7. The summed E-state index contributed by atoms with van der Waals surface area (Å²) in [6.07, 6.45) is 2.50. The van der Waals surface area contributed by atoms with Gasteiger partial charge in [0.15, 0.2) is 0 Å². The van der Waals surface area contributed by atoms with Crippen LogP contribution in [0.2, 0.25) is 0 Å². The fourth-order valence-corrected chi connectivity index (χ4v) is 3.39. The number of benzene rings is 1. The average Bonchev–Trinajstić information content (AvgIpc) is 3.15. The maximum absolute atomic E-state index is 6.08. The Labute approximate surface area is 143 Å². The van der Waals surface area contributed by atoms with Crippen molar-refractivity contribution in [1.82, 2.24) is 15.0 Å².